The van der Waals surface area contributed by atoms with E-state index in [0.717, 1.165) is 35.8 Å². The molecule has 2 fully saturated rings. The van der Waals surface area contributed by atoms with Gasteiger partial charge < -0.3 is 0 Å². The van der Waals surface area contributed by atoms with E-state index in [1.165, 1.54) is 24.3 Å². The minimum absolute atomic E-state index is 0. The van der Waals surface area contributed by atoms with E-state index in [1.807, 2.05) is 44.9 Å². The number of benzene rings is 2. The van der Waals surface area contributed by atoms with E-state index in [2.05, 4.69) is 54.9 Å². The molecule has 2 aliphatic rings. The summed E-state index contributed by atoms with van der Waals surface area (Å²) in [4.78, 5) is 0. The molecule has 9 heteroatoms. The molecule has 1 atom stereocenters. The molecule has 0 amide bonds. The van der Waals surface area contributed by atoms with Crippen molar-refractivity contribution in [3.8, 4) is 0 Å². The van der Waals surface area contributed by atoms with Crippen molar-refractivity contribution in [2.75, 3.05) is 0 Å². The van der Waals surface area contributed by atoms with Gasteiger partial charge in [0.25, 0.3) is 0 Å². The van der Waals surface area contributed by atoms with E-state index in [-0.39, 0.29) is 33.0 Å². The molecule has 0 saturated heterocycles. The number of rotatable bonds is 5. The van der Waals surface area contributed by atoms with Gasteiger partial charge in [-0.2, -0.15) is 26.3 Å². The third-order valence-corrected chi connectivity index (χ3v) is 13.3. The fourth-order valence-corrected chi connectivity index (χ4v) is 13.1. The van der Waals surface area contributed by atoms with Crippen LogP contribution in [0.2, 0.25) is 0 Å². The number of alkyl halides is 6. The second kappa shape index (κ2) is 15.3. The maximum atomic E-state index is 13.3. The summed E-state index contributed by atoms with van der Waals surface area (Å²) in [7, 11) is -1.94. The fourth-order valence-electron chi connectivity index (χ4n) is 5.64. The van der Waals surface area contributed by atoms with Crippen LogP contribution in [0.3, 0.4) is 0 Å². The average Bonchev–Trinajstić information content (AvgIpc) is 3.58. The van der Waals surface area contributed by atoms with Gasteiger partial charge >= 0.3 is 12.4 Å². The molecule has 0 nitrogen and oxygen atoms in total. The van der Waals surface area contributed by atoms with E-state index in [0.29, 0.717) is 10.6 Å². The smallest absolute Gasteiger partial charge is 0.166 e. The van der Waals surface area contributed by atoms with Crippen molar-refractivity contribution in [3.05, 3.63) is 123 Å². The third-order valence-electron chi connectivity index (χ3n) is 6.81. The Labute approximate surface area is 268 Å². The van der Waals surface area contributed by atoms with Crippen molar-refractivity contribution in [1.29, 1.82) is 0 Å². The summed E-state index contributed by atoms with van der Waals surface area (Å²) in [6.45, 7) is 15.6. The maximum absolute atomic E-state index is 13.3. The number of halogens is 6. The molecule has 2 saturated carbocycles. The normalized spacial score (nSPS) is 18.0. The SMILES string of the molecule is C[C@@H]([C]1[CH][CH][CH][C]1P(c1ccc(C(F)(F)F)cc1)c1ccc(C(F)(F)F)cc1)P(C(C)(C)C)C(C)(C)C.[CH]1[CH][CH][CH][CH]1.[Fe]. The van der Waals surface area contributed by atoms with Crippen LogP contribution in [-0.2, 0) is 29.4 Å². The third kappa shape index (κ3) is 10.5. The van der Waals surface area contributed by atoms with Crippen molar-refractivity contribution >= 4 is 26.5 Å². The van der Waals surface area contributed by atoms with E-state index in [4.69, 9.17) is 0 Å². The maximum Gasteiger partial charge on any atom is 0.416 e. The Morgan fingerprint density at radius 2 is 0.884 bits per heavy atom. The van der Waals surface area contributed by atoms with Gasteiger partial charge in [-0.15, -0.1) is 0 Å². The molecule has 2 aliphatic carbocycles. The van der Waals surface area contributed by atoms with Gasteiger partial charge in [0.2, 0.25) is 0 Å². The van der Waals surface area contributed by atoms with Gasteiger partial charge in [-0.1, -0.05) is 80.7 Å². The second-order valence-electron chi connectivity index (χ2n) is 12.1. The average molecular weight is 678 g/mol. The van der Waals surface area contributed by atoms with Crippen molar-refractivity contribution in [1.82, 2.24) is 0 Å². The van der Waals surface area contributed by atoms with Crippen LogP contribution in [0.15, 0.2) is 48.5 Å². The molecule has 0 aliphatic heterocycles. The fraction of sp³-hybridized carbons (Fsp3) is 0.353. The molecular formula is C34H38F6FeP2. The Morgan fingerprint density at radius 3 is 1.19 bits per heavy atom. The van der Waals surface area contributed by atoms with Crippen LogP contribution in [0.25, 0.3) is 0 Å². The van der Waals surface area contributed by atoms with Crippen LogP contribution in [0, 0.1) is 62.9 Å². The first-order valence-corrected chi connectivity index (χ1v) is 16.4. The predicted molar refractivity (Wildman–Crippen MR) is 166 cm³/mol. The first-order chi connectivity index (χ1) is 19.3. The monoisotopic (exact) mass is 678 g/mol. The molecule has 0 aromatic heterocycles. The van der Waals surface area contributed by atoms with Crippen LogP contribution in [0.5, 0.6) is 0 Å². The molecule has 4 rings (SSSR count). The Bertz CT molecular complexity index is 1030. The summed E-state index contributed by atoms with van der Waals surface area (Å²) < 4.78 is 79.5. The Hall–Kier alpha value is -0.601. The van der Waals surface area contributed by atoms with E-state index >= 15 is 0 Å². The Morgan fingerprint density at radius 1 is 0.535 bits per heavy atom. The molecule has 234 valence electrons. The van der Waals surface area contributed by atoms with Crippen LogP contribution in [-0.4, -0.2) is 16.0 Å². The molecular weight excluding hydrogens is 640 g/mol. The number of hydrogen-bond acceptors (Lipinski definition) is 0. The molecule has 0 bridgehead atoms. The summed E-state index contributed by atoms with van der Waals surface area (Å²) in [6.07, 6.45) is 7.06. The molecule has 2 aromatic carbocycles. The molecule has 0 spiro atoms. The molecule has 0 unspecified atom stereocenters. The zero-order valence-corrected chi connectivity index (χ0v) is 28.2. The van der Waals surface area contributed by atoms with Gasteiger partial charge in [0.15, 0.2) is 0 Å². The minimum Gasteiger partial charge on any atom is -0.166 e. The van der Waals surface area contributed by atoms with Crippen molar-refractivity contribution in [2.24, 2.45) is 0 Å². The molecule has 43 heavy (non-hydrogen) atoms. The summed E-state index contributed by atoms with van der Waals surface area (Å²) in [6, 6.07) is 10.1. The van der Waals surface area contributed by atoms with Gasteiger partial charge in [0.1, 0.15) is 0 Å². The summed E-state index contributed by atoms with van der Waals surface area (Å²) in [5.74, 6) is 1.11. The van der Waals surface area contributed by atoms with E-state index in [9.17, 15) is 26.3 Å². The van der Waals surface area contributed by atoms with E-state index < -0.39 is 39.3 Å². The van der Waals surface area contributed by atoms with Gasteiger partial charge in [-0.3, -0.25) is 0 Å². The molecule has 2 aromatic rings. The van der Waals surface area contributed by atoms with Gasteiger partial charge in [-0.05, 0) is 116 Å². The Balaban J connectivity index is 0.000000973. The van der Waals surface area contributed by atoms with E-state index in [1.54, 1.807) is 0 Å². The van der Waals surface area contributed by atoms with Crippen LogP contribution >= 0.6 is 15.8 Å². The van der Waals surface area contributed by atoms with Gasteiger partial charge in [0.05, 0.1) is 11.1 Å². The summed E-state index contributed by atoms with van der Waals surface area (Å²) in [5, 5.41) is 1.40. The molecule has 10 radical (unpaired) electrons. The van der Waals surface area contributed by atoms with Crippen LogP contribution in [0.1, 0.15) is 59.6 Å². The van der Waals surface area contributed by atoms with Gasteiger partial charge in [0, 0.05) is 22.7 Å². The summed E-state index contributed by atoms with van der Waals surface area (Å²) in [5.41, 5.74) is -0.352. The van der Waals surface area contributed by atoms with Crippen molar-refractivity contribution in [3.63, 3.8) is 0 Å². The largest absolute Gasteiger partial charge is 0.416 e. The van der Waals surface area contributed by atoms with Gasteiger partial charge in [-0.25, -0.2) is 0 Å². The topological polar surface area (TPSA) is 0 Å². The number of hydrogen-bond donors (Lipinski definition) is 0. The van der Waals surface area contributed by atoms with Crippen LogP contribution in [0.4, 0.5) is 26.3 Å². The van der Waals surface area contributed by atoms with Crippen molar-refractivity contribution in [2.45, 2.75) is 76.8 Å². The zero-order chi connectivity index (χ0) is 31.5. The standard InChI is InChI=1S/C29H33F6P2.C5H5.Fe/c1-19(37(26(2,3)4)27(5,6)7)24-9-8-10-25(24)36(22-15-11-20(12-16-22)28(30,31)32)23-17-13-21(14-18-23)29(33,34)35;1-2-4-5-3-1;/h8-19H,1-7H3;1-5H;/t19-;;/m0../s1. The second-order valence-corrected chi connectivity index (χ2v) is 18.5. The van der Waals surface area contributed by atoms with Crippen LogP contribution < -0.4 is 10.6 Å². The zero-order valence-electron chi connectivity index (χ0n) is 25.3. The first kappa shape index (κ1) is 38.6. The predicted octanol–water partition coefficient (Wildman–Crippen LogP) is 10.4. The molecule has 0 N–H and O–H groups in total. The Kier molecular flexibility index (Phi) is 13.8. The first-order valence-electron chi connectivity index (χ1n) is 13.7. The summed E-state index contributed by atoms with van der Waals surface area (Å²) >= 11 is 0. The van der Waals surface area contributed by atoms with Crippen molar-refractivity contribution < 1.29 is 43.4 Å². The molecule has 0 heterocycles. The minimum atomic E-state index is -4.47. The quantitative estimate of drug-likeness (QED) is 0.168.